The van der Waals surface area contributed by atoms with E-state index in [1.54, 1.807) is 0 Å². The number of hydrogen-bond acceptors (Lipinski definition) is 5. The zero-order valence-corrected chi connectivity index (χ0v) is 15.0. The summed E-state index contributed by atoms with van der Waals surface area (Å²) in [5, 5.41) is 4.43. The molecule has 0 radical (unpaired) electrons. The van der Waals surface area contributed by atoms with E-state index in [0.29, 0.717) is 13.1 Å². The van der Waals surface area contributed by atoms with E-state index >= 15 is 0 Å². The molecule has 0 bridgehead atoms. The minimum Gasteiger partial charge on any atom is -0.379 e. The predicted octanol–water partition coefficient (Wildman–Crippen LogP) is 0.412. The Balaban J connectivity index is 1.47. The molecule has 138 valence electrons. The zero-order chi connectivity index (χ0) is 17.1. The molecular formula is C18H29N5O2. The van der Waals surface area contributed by atoms with Gasteiger partial charge in [0.1, 0.15) is 0 Å². The number of fused-ring (bicyclic) bond motifs is 1. The van der Waals surface area contributed by atoms with Gasteiger partial charge in [0.2, 0.25) is 5.91 Å². The predicted molar refractivity (Wildman–Crippen MR) is 94.1 cm³/mol. The van der Waals surface area contributed by atoms with E-state index in [2.05, 4.69) is 24.5 Å². The van der Waals surface area contributed by atoms with Gasteiger partial charge in [-0.25, -0.2) is 0 Å². The Morgan fingerprint density at radius 2 is 1.92 bits per heavy atom. The van der Waals surface area contributed by atoms with Gasteiger partial charge in [-0.2, -0.15) is 5.10 Å². The summed E-state index contributed by atoms with van der Waals surface area (Å²) in [6.45, 7) is 8.62. The van der Waals surface area contributed by atoms with Gasteiger partial charge < -0.3 is 14.5 Å². The number of nitrogens with zero attached hydrogens (tertiary/aromatic N) is 5. The first kappa shape index (κ1) is 17.0. The van der Waals surface area contributed by atoms with Crippen LogP contribution in [0.15, 0.2) is 12.3 Å². The molecule has 0 aromatic carbocycles. The van der Waals surface area contributed by atoms with E-state index < -0.39 is 0 Å². The van der Waals surface area contributed by atoms with E-state index in [0.717, 1.165) is 51.5 Å². The molecule has 7 nitrogen and oxygen atoms in total. The van der Waals surface area contributed by atoms with Crippen molar-refractivity contribution in [2.75, 3.05) is 52.5 Å². The summed E-state index contributed by atoms with van der Waals surface area (Å²) in [6, 6.07) is 2.33. The molecule has 7 heteroatoms. The average Bonchev–Trinajstić information content (AvgIpc) is 3.26. The minimum atomic E-state index is 0.251. The van der Waals surface area contributed by atoms with Crippen LogP contribution in [0.2, 0.25) is 0 Å². The molecule has 4 heterocycles. The highest BCUT2D eigenvalue weighted by molar-refractivity contribution is 5.78. The number of rotatable bonds is 4. The molecule has 1 atom stereocenters. The van der Waals surface area contributed by atoms with Crippen LogP contribution in [0.5, 0.6) is 0 Å². The number of amides is 1. The number of hydrogen-bond donors (Lipinski definition) is 0. The summed E-state index contributed by atoms with van der Waals surface area (Å²) in [5.41, 5.74) is 1.15. The van der Waals surface area contributed by atoms with Gasteiger partial charge in [-0.15, -0.1) is 0 Å². The number of carbonyl (C=O) groups is 1. The lowest BCUT2D eigenvalue weighted by atomic mass is 10.1. The molecular weight excluding hydrogens is 318 g/mol. The second-order valence-electron chi connectivity index (χ2n) is 7.41. The van der Waals surface area contributed by atoms with Crippen LogP contribution in [0.1, 0.15) is 25.0 Å². The molecule has 25 heavy (non-hydrogen) atoms. The Kier molecular flexibility index (Phi) is 5.33. The second kappa shape index (κ2) is 7.85. The van der Waals surface area contributed by atoms with Crippen LogP contribution in [-0.2, 0) is 22.6 Å². The fourth-order valence-corrected chi connectivity index (χ4v) is 4.21. The first-order valence-electron chi connectivity index (χ1n) is 9.62. The number of aryl methyl sites for hydroxylation is 1. The monoisotopic (exact) mass is 347 g/mol. The molecule has 0 unspecified atom stereocenters. The summed E-state index contributed by atoms with van der Waals surface area (Å²) in [4.78, 5) is 20.0. The Bertz CT molecular complexity index is 578. The molecule has 0 saturated carbocycles. The first-order valence-corrected chi connectivity index (χ1v) is 9.62. The molecule has 2 fully saturated rings. The van der Waals surface area contributed by atoms with Gasteiger partial charge in [0.25, 0.3) is 0 Å². The maximum Gasteiger partial charge on any atom is 0.237 e. The van der Waals surface area contributed by atoms with Crippen molar-refractivity contribution in [2.24, 2.45) is 0 Å². The molecule has 0 aliphatic carbocycles. The second-order valence-corrected chi connectivity index (χ2v) is 7.41. The molecule has 1 amide bonds. The van der Waals surface area contributed by atoms with Crippen LogP contribution in [0, 0.1) is 0 Å². The third-order valence-electron chi connectivity index (χ3n) is 5.70. The lowest BCUT2D eigenvalue weighted by molar-refractivity contribution is -0.137. The molecule has 2 saturated heterocycles. The summed E-state index contributed by atoms with van der Waals surface area (Å²) in [6.07, 6.45) is 5.41. The highest BCUT2D eigenvalue weighted by Crippen LogP contribution is 2.20. The highest BCUT2D eigenvalue weighted by atomic mass is 16.5. The molecule has 4 rings (SSSR count). The third kappa shape index (κ3) is 4.04. The van der Waals surface area contributed by atoms with Crippen molar-refractivity contribution in [1.82, 2.24) is 24.5 Å². The summed E-state index contributed by atoms with van der Waals surface area (Å²) >= 11 is 0. The Morgan fingerprint density at radius 1 is 1.12 bits per heavy atom. The topological polar surface area (TPSA) is 53.8 Å². The number of morpholine rings is 1. The molecule has 0 spiro atoms. The smallest absolute Gasteiger partial charge is 0.237 e. The Labute approximate surface area is 149 Å². The number of carbonyl (C=O) groups excluding carboxylic acids is 1. The van der Waals surface area contributed by atoms with Crippen LogP contribution in [0.3, 0.4) is 0 Å². The highest BCUT2D eigenvalue weighted by Gasteiger charge is 2.31. The van der Waals surface area contributed by atoms with E-state index in [4.69, 9.17) is 4.74 Å². The summed E-state index contributed by atoms with van der Waals surface area (Å²) in [5.74, 6) is 0.251. The van der Waals surface area contributed by atoms with Crippen LogP contribution in [-0.4, -0.2) is 88.9 Å². The average molecular weight is 347 g/mol. The molecule has 3 aliphatic heterocycles. The fraction of sp³-hybridized carbons (Fsp3) is 0.778. The number of aromatic nitrogens is 2. The molecule has 0 N–H and O–H groups in total. The van der Waals surface area contributed by atoms with Crippen molar-refractivity contribution >= 4 is 5.91 Å². The van der Waals surface area contributed by atoms with E-state index in [-0.39, 0.29) is 11.9 Å². The van der Waals surface area contributed by atoms with Crippen LogP contribution in [0.25, 0.3) is 0 Å². The normalized spacial score (nSPS) is 25.8. The lowest BCUT2D eigenvalue weighted by Crippen LogP contribution is -2.50. The minimum absolute atomic E-state index is 0.251. The number of ether oxygens (including phenoxy) is 1. The third-order valence-corrected chi connectivity index (χ3v) is 5.70. The fourth-order valence-electron chi connectivity index (χ4n) is 4.21. The van der Waals surface area contributed by atoms with Crippen LogP contribution < -0.4 is 0 Å². The van der Waals surface area contributed by atoms with E-state index in [1.165, 1.54) is 25.9 Å². The van der Waals surface area contributed by atoms with Gasteiger partial charge in [-0.3, -0.25) is 14.4 Å². The van der Waals surface area contributed by atoms with Crippen LogP contribution >= 0.6 is 0 Å². The van der Waals surface area contributed by atoms with Crippen molar-refractivity contribution in [1.29, 1.82) is 0 Å². The van der Waals surface area contributed by atoms with Crippen molar-refractivity contribution < 1.29 is 9.53 Å². The summed E-state index contributed by atoms with van der Waals surface area (Å²) in [7, 11) is 0. The maximum atomic E-state index is 13.1. The SMILES string of the molecule is O=C(CN1CCOCC1)N1Cc2ccnn2CC[C@@H]1CN1CCCC1. The van der Waals surface area contributed by atoms with E-state index in [9.17, 15) is 4.79 Å². The molecule has 3 aliphatic rings. The Morgan fingerprint density at radius 3 is 2.72 bits per heavy atom. The van der Waals surface area contributed by atoms with Gasteiger partial charge >= 0.3 is 0 Å². The molecule has 1 aromatic rings. The van der Waals surface area contributed by atoms with Gasteiger partial charge in [-0.05, 0) is 38.4 Å². The maximum absolute atomic E-state index is 13.1. The quantitative estimate of drug-likeness (QED) is 0.790. The van der Waals surface area contributed by atoms with Crippen LogP contribution in [0.4, 0.5) is 0 Å². The van der Waals surface area contributed by atoms with E-state index in [1.807, 2.05) is 12.3 Å². The van der Waals surface area contributed by atoms with Crippen molar-refractivity contribution in [3.05, 3.63) is 18.0 Å². The van der Waals surface area contributed by atoms with Gasteiger partial charge in [0, 0.05) is 38.4 Å². The Hall–Kier alpha value is -1.44. The van der Waals surface area contributed by atoms with Gasteiger partial charge in [0.05, 0.1) is 32.0 Å². The standard InChI is InChI=1S/C18H29N5O2/c24-18(15-21-9-11-25-12-10-21)22-14-17-3-5-19-23(17)8-4-16(22)13-20-6-1-2-7-20/h3,5,16H,1-2,4,6-15H2/t16-/m1/s1. The number of likely N-dealkylation sites (tertiary alicyclic amines) is 1. The lowest BCUT2D eigenvalue weighted by Gasteiger charge is -2.35. The summed E-state index contributed by atoms with van der Waals surface area (Å²) < 4.78 is 7.48. The zero-order valence-electron chi connectivity index (χ0n) is 15.0. The largest absolute Gasteiger partial charge is 0.379 e. The van der Waals surface area contributed by atoms with Crippen molar-refractivity contribution in [3.8, 4) is 0 Å². The molecule has 1 aromatic heterocycles. The van der Waals surface area contributed by atoms with Crippen molar-refractivity contribution in [2.45, 2.75) is 38.4 Å². The van der Waals surface area contributed by atoms with Gasteiger partial charge in [0.15, 0.2) is 0 Å². The first-order chi connectivity index (χ1) is 12.3. The van der Waals surface area contributed by atoms with Gasteiger partial charge in [-0.1, -0.05) is 0 Å². The van der Waals surface area contributed by atoms with Crippen molar-refractivity contribution in [3.63, 3.8) is 0 Å².